The summed E-state index contributed by atoms with van der Waals surface area (Å²) in [5, 5.41) is 5.37. The summed E-state index contributed by atoms with van der Waals surface area (Å²) in [6.07, 6.45) is 0.742. The predicted octanol–water partition coefficient (Wildman–Crippen LogP) is 2.74. The first-order valence-electron chi connectivity index (χ1n) is 12.0. The minimum atomic E-state index is -1.36. The number of ether oxygens (including phenoxy) is 2. The lowest BCUT2D eigenvalue weighted by atomic mass is 9.91. The minimum absolute atomic E-state index is 0.143. The Hall–Kier alpha value is -4.08. The van der Waals surface area contributed by atoms with Gasteiger partial charge in [-0.15, -0.1) is 0 Å². The number of amides is 5. The van der Waals surface area contributed by atoms with Gasteiger partial charge in [-0.3, -0.25) is 19.3 Å². The van der Waals surface area contributed by atoms with Crippen molar-refractivity contribution < 1.29 is 28.7 Å². The number of fused-ring (bicyclic) bond motifs is 1. The second-order valence-electron chi connectivity index (χ2n) is 8.76. The van der Waals surface area contributed by atoms with Crippen molar-refractivity contribution in [3.63, 3.8) is 0 Å². The fourth-order valence-corrected chi connectivity index (χ4v) is 4.28. The summed E-state index contributed by atoms with van der Waals surface area (Å²) in [5.41, 5.74) is -0.00199. The Morgan fingerprint density at radius 3 is 2.50 bits per heavy atom. The van der Waals surface area contributed by atoms with Gasteiger partial charge in [0.1, 0.15) is 12.1 Å². The van der Waals surface area contributed by atoms with Crippen LogP contribution in [-0.2, 0) is 15.1 Å². The Kier molecular flexibility index (Phi) is 7.14. The first-order valence-corrected chi connectivity index (χ1v) is 12.0. The Labute approximate surface area is 209 Å². The highest BCUT2D eigenvalue weighted by Gasteiger charge is 2.49. The molecular formula is C26H30N4O6. The summed E-state index contributed by atoms with van der Waals surface area (Å²) in [6, 6.07) is 11.0. The fourth-order valence-electron chi connectivity index (χ4n) is 4.28. The molecule has 2 heterocycles. The van der Waals surface area contributed by atoms with E-state index in [4.69, 9.17) is 9.47 Å². The summed E-state index contributed by atoms with van der Waals surface area (Å²) in [7, 11) is 0. The number of anilines is 1. The van der Waals surface area contributed by atoms with Gasteiger partial charge in [-0.05, 0) is 56.7 Å². The first kappa shape index (κ1) is 25.0. The van der Waals surface area contributed by atoms with Crippen molar-refractivity contribution in [3.8, 4) is 11.5 Å². The highest BCUT2D eigenvalue weighted by Crippen LogP contribution is 2.36. The van der Waals surface area contributed by atoms with Crippen molar-refractivity contribution in [2.45, 2.75) is 32.7 Å². The second kappa shape index (κ2) is 10.3. The molecule has 5 amide bonds. The molecule has 2 N–H and O–H groups in total. The number of carbonyl (C=O) groups is 4. The average molecular weight is 495 g/mol. The van der Waals surface area contributed by atoms with Gasteiger partial charge in [-0.2, -0.15) is 0 Å². The molecule has 190 valence electrons. The molecule has 0 spiro atoms. The van der Waals surface area contributed by atoms with E-state index in [9.17, 15) is 19.2 Å². The monoisotopic (exact) mass is 494 g/mol. The normalized spacial score (nSPS) is 18.9. The number of rotatable bonds is 7. The molecular weight excluding hydrogens is 464 g/mol. The van der Waals surface area contributed by atoms with Crippen LogP contribution in [0.3, 0.4) is 0 Å². The third kappa shape index (κ3) is 4.84. The molecule has 4 rings (SSSR count). The maximum Gasteiger partial charge on any atom is 0.325 e. The average Bonchev–Trinajstić information content (AvgIpc) is 3.02. The maximum atomic E-state index is 13.3. The number of imide groups is 1. The summed E-state index contributed by atoms with van der Waals surface area (Å²) < 4.78 is 11.4. The van der Waals surface area contributed by atoms with Gasteiger partial charge in [0.05, 0.1) is 13.2 Å². The van der Waals surface area contributed by atoms with E-state index in [1.54, 1.807) is 54.3 Å². The third-order valence-corrected chi connectivity index (χ3v) is 6.35. The molecule has 2 aliphatic rings. The zero-order valence-corrected chi connectivity index (χ0v) is 20.6. The van der Waals surface area contributed by atoms with Crippen LogP contribution >= 0.6 is 0 Å². The summed E-state index contributed by atoms with van der Waals surface area (Å²) in [4.78, 5) is 53.9. The molecule has 0 aromatic heterocycles. The molecule has 2 aromatic rings. The lowest BCUT2D eigenvalue weighted by Gasteiger charge is -2.23. The molecule has 1 atom stereocenters. The highest BCUT2D eigenvalue weighted by atomic mass is 16.5. The number of benzene rings is 2. The minimum Gasteiger partial charge on any atom is -0.490 e. The largest absolute Gasteiger partial charge is 0.490 e. The van der Waals surface area contributed by atoms with Crippen LogP contribution in [0.2, 0.25) is 0 Å². The SMILES string of the molecule is CCN(CC)C(=O)c1cccc(NC(=O)CN2C(=O)N[C@@](C)(c3ccc4c(c3)OCCCO4)C2=O)c1. The molecule has 10 nitrogen and oxygen atoms in total. The van der Waals surface area contributed by atoms with E-state index in [1.807, 2.05) is 13.8 Å². The lowest BCUT2D eigenvalue weighted by Crippen LogP contribution is -2.42. The summed E-state index contributed by atoms with van der Waals surface area (Å²) in [5.74, 6) is -0.175. The topological polar surface area (TPSA) is 117 Å². The number of nitrogens with zero attached hydrogens (tertiary/aromatic N) is 2. The molecule has 1 saturated heterocycles. The van der Waals surface area contributed by atoms with E-state index >= 15 is 0 Å². The standard InChI is InChI=1S/C26H30N4O6/c1-4-29(5-2)23(32)17-8-6-9-19(14-17)27-22(31)16-30-24(33)26(3,28-25(30)34)18-10-11-20-21(15-18)36-13-7-12-35-20/h6,8-11,14-15H,4-5,7,12-13,16H2,1-3H3,(H,27,31)(H,28,34)/t26-/m0/s1. The number of hydrogen-bond donors (Lipinski definition) is 2. The van der Waals surface area contributed by atoms with E-state index < -0.39 is 29.9 Å². The molecule has 2 aliphatic heterocycles. The summed E-state index contributed by atoms with van der Waals surface area (Å²) in [6.45, 7) is 7.07. The van der Waals surface area contributed by atoms with Crippen LogP contribution in [0.1, 0.15) is 43.1 Å². The molecule has 1 fully saturated rings. The van der Waals surface area contributed by atoms with Crippen molar-refractivity contribution >= 4 is 29.4 Å². The van der Waals surface area contributed by atoms with Crippen molar-refractivity contribution in [3.05, 3.63) is 53.6 Å². The number of urea groups is 1. The zero-order chi connectivity index (χ0) is 25.9. The van der Waals surface area contributed by atoms with Crippen LogP contribution in [0.5, 0.6) is 11.5 Å². The quantitative estimate of drug-likeness (QED) is 0.572. The van der Waals surface area contributed by atoms with Crippen LogP contribution in [0.4, 0.5) is 10.5 Å². The molecule has 36 heavy (non-hydrogen) atoms. The van der Waals surface area contributed by atoms with Crippen molar-refractivity contribution in [2.75, 3.05) is 38.2 Å². The van der Waals surface area contributed by atoms with E-state index in [1.165, 1.54) is 0 Å². The van der Waals surface area contributed by atoms with Gasteiger partial charge in [0.2, 0.25) is 5.91 Å². The van der Waals surface area contributed by atoms with Crippen LogP contribution < -0.4 is 20.1 Å². The Bertz CT molecular complexity index is 1190. The number of hydrogen-bond acceptors (Lipinski definition) is 6. The molecule has 0 unspecified atom stereocenters. The maximum absolute atomic E-state index is 13.3. The molecule has 2 aromatic carbocycles. The van der Waals surface area contributed by atoms with Crippen molar-refractivity contribution in [1.82, 2.24) is 15.1 Å². The third-order valence-electron chi connectivity index (χ3n) is 6.35. The Morgan fingerprint density at radius 1 is 1.06 bits per heavy atom. The first-order chi connectivity index (χ1) is 17.3. The van der Waals surface area contributed by atoms with Gasteiger partial charge < -0.3 is 25.0 Å². The highest BCUT2D eigenvalue weighted by molar-refractivity contribution is 6.10. The fraction of sp³-hybridized carbons (Fsp3) is 0.385. The van der Waals surface area contributed by atoms with Crippen molar-refractivity contribution in [2.24, 2.45) is 0 Å². The van der Waals surface area contributed by atoms with E-state index in [0.29, 0.717) is 54.6 Å². The predicted molar refractivity (Wildman–Crippen MR) is 132 cm³/mol. The van der Waals surface area contributed by atoms with Crippen LogP contribution in [0.15, 0.2) is 42.5 Å². The van der Waals surface area contributed by atoms with Gasteiger partial charge in [0.15, 0.2) is 11.5 Å². The molecule has 10 heteroatoms. The van der Waals surface area contributed by atoms with Crippen LogP contribution in [-0.4, -0.2) is 66.4 Å². The Balaban J connectivity index is 1.46. The second-order valence-corrected chi connectivity index (χ2v) is 8.76. The lowest BCUT2D eigenvalue weighted by molar-refractivity contribution is -0.133. The number of nitrogens with one attached hydrogen (secondary N) is 2. The van der Waals surface area contributed by atoms with Crippen LogP contribution in [0.25, 0.3) is 0 Å². The molecule has 0 radical (unpaired) electrons. The Morgan fingerprint density at radius 2 is 1.78 bits per heavy atom. The van der Waals surface area contributed by atoms with Gasteiger partial charge in [-0.25, -0.2) is 4.79 Å². The zero-order valence-electron chi connectivity index (χ0n) is 20.6. The summed E-state index contributed by atoms with van der Waals surface area (Å²) >= 11 is 0. The van der Waals surface area contributed by atoms with Crippen molar-refractivity contribution in [1.29, 1.82) is 0 Å². The van der Waals surface area contributed by atoms with Gasteiger partial charge in [0, 0.05) is 30.8 Å². The number of carbonyl (C=O) groups excluding carboxylic acids is 4. The molecule has 0 saturated carbocycles. The molecule has 0 aliphatic carbocycles. The van der Waals surface area contributed by atoms with Gasteiger partial charge in [0.25, 0.3) is 11.8 Å². The van der Waals surface area contributed by atoms with E-state index in [-0.39, 0.29) is 5.91 Å². The van der Waals surface area contributed by atoms with Gasteiger partial charge >= 0.3 is 6.03 Å². The smallest absolute Gasteiger partial charge is 0.325 e. The van der Waals surface area contributed by atoms with Gasteiger partial charge in [-0.1, -0.05) is 12.1 Å². The van der Waals surface area contributed by atoms with Crippen LogP contribution in [0, 0.1) is 0 Å². The van der Waals surface area contributed by atoms with E-state index in [2.05, 4.69) is 10.6 Å². The molecule has 0 bridgehead atoms. The van der Waals surface area contributed by atoms with E-state index in [0.717, 1.165) is 11.3 Å².